The van der Waals surface area contributed by atoms with E-state index in [1.807, 2.05) is 44.2 Å². The summed E-state index contributed by atoms with van der Waals surface area (Å²) in [5.41, 5.74) is 0.862. The van der Waals surface area contributed by atoms with Crippen molar-refractivity contribution in [1.29, 1.82) is 0 Å². The van der Waals surface area contributed by atoms with Crippen molar-refractivity contribution in [3.05, 3.63) is 35.9 Å². The Labute approximate surface area is 166 Å². The minimum Gasteiger partial charge on any atom is -0.480 e. The zero-order valence-corrected chi connectivity index (χ0v) is 16.7. The van der Waals surface area contributed by atoms with Gasteiger partial charge in [-0.2, -0.15) is 0 Å². The number of amides is 3. The highest BCUT2D eigenvalue weighted by atomic mass is 16.4. The lowest BCUT2D eigenvalue weighted by Crippen LogP contribution is -2.48. The summed E-state index contributed by atoms with van der Waals surface area (Å²) in [6.45, 7) is 5.91. The lowest BCUT2D eigenvalue weighted by molar-refractivity contribution is -0.142. The number of rotatable bonds is 8. The van der Waals surface area contributed by atoms with E-state index in [-0.39, 0.29) is 30.7 Å². The van der Waals surface area contributed by atoms with E-state index in [1.54, 1.807) is 4.90 Å². The summed E-state index contributed by atoms with van der Waals surface area (Å²) in [5, 5.41) is 15.0. The summed E-state index contributed by atoms with van der Waals surface area (Å²) in [6, 6.07) is 8.20. The first-order valence-corrected chi connectivity index (χ1v) is 9.94. The van der Waals surface area contributed by atoms with Crippen molar-refractivity contribution < 1.29 is 19.5 Å². The lowest BCUT2D eigenvalue weighted by Gasteiger charge is -2.33. The van der Waals surface area contributed by atoms with Crippen LogP contribution in [0.3, 0.4) is 0 Å². The number of aliphatic carboxylic acids is 1. The first-order valence-electron chi connectivity index (χ1n) is 9.94. The molecule has 1 saturated heterocycles. The predicted molar refractivity (Wildman–Crippen MR) is 107 cm³/mol. The number of likely N-dealkylation sites (tertiary alicyclic amines) is 1. The van der Waals surface area contributed by atoms with E-state index >= 15 is 0 Å². The van der Waals surface area contributed by atoms with Crippen LogP contribution in [-0.4, -0.2) is 53.6 Å². The van der Waals surface area contributed by atoms with Crippen molar-refractivity contribution in [3.8, 4) is 0 Å². The molecule has 0 radical (unpaired) electrons. The van der Waals surface area contributed by atoms with E-state index in [4.69, 9.17) is 0 Å². The molecule has 28 heavy (non-hydrogen) atoms. The molecule has 7 nitrogen and oxygen atoms in total. The average Bonchev–Trinajstić information content (AvgIpc) is 2.66. The summed E-state index contributed by atoms with van der Waals surface area (Å²) in [5.74, 6) is -0.897. The molecule has 1 unspecified atom stereocenters. The summed E-state index contributed by atoms with van der Waals surface area (Å²) >= 11 is 0. The second-order valence-electron chi connectivity index (χ2n) is 7.89. The van der Waals surface area contributed by atoms with E-state index in [0.29, 0.717) is 25.6 Å². The number of nitrogens with zero attached hydrogens (tertiary/aromatic N) is 1. The zero-order chi connectivity index (χ0) is 20.5. The van der Waals surface area contributed by atoms with Gasteiger partial charge < -0.3 is 20.6 Å². The average molecular weight is 389 g/mol. The van der Waals surface area contributed by atoms with Crippen molar-refractivity contribution in [1.82, 2.24) is 15.5 Å². The van der Waals surface area contributed by atoms with Crippen LogP contribution >= 0.6 is 0 Å². The highest BCUT2D eigenvalue weighted by Crippen LogP contribution is 2.20. The van der Waals surface area contributed by atoms with Crippen molar-refractivity contribution in [2.75, 3.05) is 19.6 Å². The topological polar surface area (TPSA) is 98.7 Å². The van der Waals surface area contributed by atoms with Crippen LogP contribution < -0.4 is 10.6 Å². The molecule has 1 aromatic carbocycles. The molecule has 3 amide bonds. The maximum atomic E-state index is 12.4. The fraction of sp³-hybridized carbons (Fsp3) is 0.571. The Hall–Kier alpha value is -2.57. The van der Waals surface area contributed by atoms with Gasteiger partial charge in [-0.3, -0.25) is 4.79 Å². The quantitative estimate of drug-likeness (QED) is 0.635. The highest BCUT2D eigenvalue weighted by Gasteiger charge is 2.27. The van der Waals surface area contributed by atoms with Crippen LogP contribution in [-0.2, 0) is 16.0 Å². The van der Waals surface area contributed by atoms with Crippen LogP contribution in [0.1, 0.15) is 38.7 Å². The molecule has 1 fully saturated rings. The third-order valence-corrected chi connectivity index (χ3v) is 4.86. The second kappa shape index (κ2) is 10.7. The Balaban J connectivity index is 1.84. The van der Waals surface area contributed by atoms with E-state index in [9.17, 15) is 19.5 Å². The van der Waals surface area contributed by atoms with Gasteiger partial charge in [0.25, 0.3) is 0 Å². The van der Waals surface area contributed by atoms with E-state index in [0.717, 1.165) is 18.4 Å². The number of hydrogen-bond donors (Lipinski definition) is 3. The Bertz CT molecular complexity index is 663. The molecule has 3 N–H and O–H groups in total. The maximum Gasteiger partial charge on any atom is 0.326 e. The van der Waals surface area contributed by atoms with Gasteiger partial charge in [0.2, 0.25) is 5.91 Å². The standard InChI is InChI=1S/C21H31N3O4/c1-15(2)13-22-21(28)24-10-6-9-17(14-24)12-19(25)23-18(20(26)27)11-16-7-4-3-5-8-16/h3-5,7-8,15,17-18H,6,9-14H2,1-2H3,(H,22,28)(H,23,25)(H,26,27)/t17?,18-/m1/s1. The first kappa shape index (κ1) is 21.7. The van der Waals surface area contributed by atoms with E-state index in [2.05, 4.69) is 10.6 Å². The van der Waals surface area contributed by atoms with Gasteiger partial charge in [0.05, 0.1) is 0 Å². The van der Waals surface area contributed by atoms with Crippen LogP contribution in [0.5, 0.6) is 0 Å². The number of carboxylic acids is 1. The van der Waals surface area contributed by atoms with E-state index in [1.165, 1.54) is 0 Å². The number of urea groups is 1. The molecule has 7 heteroatoms. The fourth-order valence-electron chi connectivity index (χ4n) is 3.38. The lowest BCUT2D eigenvalue weighted by atomic mass is 9.94. The number of carboxylic acid groups (broad SMARTS) is 1. The van der Waals surface area contributed by atoms with Gasteiger partial charge in [-0.1, -0.05) is 44.2 Å². The second-order valence-corrected chi connectivity index (χ2v) is 7.89. The molecular weight excluding hydrogens is 358 g/mol. The Morgan fingerprint density at radius 2 is 1.93 bits per heavy atom. The molecule has 0 spiro atoms. The molecule has 1 aliphatic rings. The molecule has 0 bridgehead atoms. The van der Waals surface area contributed by atoms with Gasteiger partial charge >= 0.3 is 12.0 Å². The smallest absolute Gasteiger partial charge is 0.326 e. The van der Waals surface area contributed by atoms with Gasteiger partial charge in [0.15, 0.2) is 0 Å². The summed E-state index contributed by atoms with van der Waals surface area (Å²) in [4.78, 5) is 37.9. The fourth-order valence-corrected chi connectivity index (χ4v) is 3.38. The molecule has 0 aliphatic carbocycles. The van der Waals surface area contributed by atoms with Gasteiger partial charge in [-0.15, -0.1) is 0 Å². The van der Waals surface area contributed by atoms with Crippen molar-refractivity contribution >= 4 is 17.9 Å². The Morgan fingerprint density at radius 1 is 1.21 bits per heavy atom. The van der Waals surface area contributed by atoms with Crippen LogP contribution in [0, 0.1) is 11.8 Å². The molecule has 1 heterocycles. The molecule has 2 atom stereocenters. The molecule has 0 aromatic heterocycles. The minimum absolute atomic E-state index is 0.0460. The SMILES string of the molecule is CC(C)CNC(=O)N1CCCC(CC(=O)N[C@H](Cc2ccccc2)C(=O)O)C1. The molecule has 2 rings (SSSR count). The number of benzene rings is 1. The first-order chi connectivity index (χ1) is 13.3. The van der Waals surface area contributed by atoms with Crippen molar-refractivity contribution in [3.63, 3.8) is 0 Å². The van der Waals surface area contributed by atoms with Crippen molar-refractivity contribution in [2.24, 2.45) is 11.8 Å². The molecule has 0 saturated carbocycles. The molecule has 154 valence electrons. The Morgan fingerprint density at radius 3 is 2.57 bits per heavy atom. The number of carbonyl (C=O) groups excluding carboxylic acids is 2. The number of nitrogens with one attached hydrogen (secondary N) is 2. The van der Waals surface area contributed by atoms with Gasteiger partial charge in [0, 0.05) is 32.5 Å². The van der Waals surface area contributed by atoms with Crippen molar-refractivity contribution in [2.45, 2.75) is 45.6 Å². The monoisotopic (exact) mass is 389 g/mol. The van der Waals surface area contributed by atoms with Gasteiger partial charge in [-0.05, 0) is 30.2 Å². The highest BCUT2D eigenvalue weighted by molar-refractivity contribution is 5.84. The van der Waals surface area contributed by atoms with Crippen LogP contribution in [0.25, 0.3) is 0 Å². The maximum absolute atomic E-state index is 12.4. The van der Waals surface area contributed by atoms with Crippen LogP contribution in [0.2, 0.25) is 0 Å². The summed E-state index contributed by atoms with van der Waals surface area (Å²) < 4.78 is 0. The third-order valence-electron chi connectivity index (χ3n) is 4.86. The summed E-state index contributed by atoms with van der Waals surface area (Å²) in [7, 11) is 0. The largest absolute Gasteiger partial charge is 0.480 e. The minimum atomic E-state index is -1.05. The molecule has 1 aliphatic heterocycles. The van der Waals surface area contributed by atoms with Gasteiger partial charge in [-0.25, -0.2) is 9.59 Å². The number of piperidine rings is 1. The Kier molecular flexibility index (Phi) is 8.29. The third kappa shape index (κ3) is 7.21. The van der Waals surface area contributed by atoms with Crippen LogP contribution in [0.4, 0.5) is 4.79 Å². The number of hydrogen-bond acceptors (Lipinski definition) is 3. The summed E-state index contributed by atoms with van der Waals surface area (Å²) in [6.07, 6.45) is 2.18. The van der Waals surface area contributed by atoms with E-state index < -0.39 is 12.0 Å². The van der Waals surface area contributed by atoms with Gasteiger partial charge in [0.1, 0.15) is 6.04 Å². The molecule has 1 aromatic rings. The predicted octanol–water partition coefficient (Wildman–Crippen LogP) is 2.27. The molecular formula is C21H31N3O4. The zero-order valence-electron chi connectivity index (χ0n) is 16.7. The number of carbonyl (C=O) groups is 3. The van der Waals surface area contributed by atoms with Crippen LogP contribution in [0.15, 0.2) is 30.3 Å². The normalized spacial score (nSPS) is 17.8.